The molecule has 2 rings (SSSR count). The monoisotopic (exact) mass is 294 g/mol. The lowest BCUT2D eigenvalue weighted by molar-refractivity contribution is -0.435. The van der Waals surface area contributed by atoms with Gasteiger partial charge >= 0.3 is 0 Å². The summed E-state index contributed by atoms with van der Waals surface area (Å²) >= 11 is 1.37. The summed E-state index contributed by atoms with van der Waals surface area (Å²) in [6.07, 6.45) is 1.15. The maximum atomic E-state index is 11.9. The van der Waals surface area contributed by atoms with Gasteiger partial charge in [-0.1, -0.05) is 11.2 Å². The van der Waals surface area contributed by atoms with Crippen LogP contribution in [0.4, 0.5) is 0 Å². The smallest absolute Gasteiger partial charge is 0.233 e. The quantitative estimate of drug-likeness (QED) is 0.223. The number of aromatic nitrogens is 2. The van der Waals surface area contributed by atoms with Crippen molar-refractivity contribution in [3.05, 3.63) is 44.8 Å². The molecule has 0 amide bonds. The summed E-state index contributed by atoms with van der Waals surface area (Å²) in [5.74, 6) is 0.137. The van der Waals surface area contributed by atoms with Gasteiger partial charge in [0, 0.05) is 0 Å². The van der Waals surface area contributed by atoms with Crippen LogP contribution >= 0.6 is 11.3 Å². The maximum absolute atomic E-state index is 11.9. The van der Waals surface area contributed by atoms with Gasteiger partial charge in [-0.05, 0) is 25.3 Å². The molecule has 2 N–H and O–H groups in total. The second-order valence-electron chi connectivity index (χ2n) is 4.18. The molecule has 2 aromatic rings. The first-order chi connectivity index (χ1) is 9.52. The number of hydrogen-bond donors (Lipinski definition) is 2. The van der Waals surface area contributed by atoms with Crippen molar-refractivity contribution in [1.29, 1.82) is 0 Å². The average molecular weight is 294 g/mol. The van der Waals surface area contributed by atoms with Gasteiger partial charge in [-0.25, -0.2) is 9.72 Å². The summed E-state index contributed by atoms with van der Waals surface area (Å²) in [6, 6.07) is 3.56. The van der Waals surface area contributed by atoms with Crippen molar-refractivity contribution in [2.24, 2.45) is 5.16 Å². The molecule has 0 saturated carbocycles. The Hall–Kier alpha value is -2.35. The summed E-state index contributed by atoms with van der Waals surface area (Å²) in [4.78, 5) is 4.77. The molecule has 0 unspecified atom stereocenters. The maximum Gasteiger partial charge on any atom is 0.233 e. The van der Waals surface area contributed by atoms with Crippen molar-refractivity contribution in [3.63, 3.8) is 0 Å². The summed E-state index contributed by atoms with van der Waals surface area (Å²) in [7, 11) is 0. The topological polar surface area (TPSA) is 96.7 Å². The van der Waals surface area contributed by atoms with Crippen molar-refractivity contribution in [3.8, 4) is 0 Å². The van der Waals surface area contributed by atoms with E-state index in [0.29, 0.717) is 21.0 Å². The van der Waals surface area contributed by atoms with E-state index in [2.05, 4.69) is 10.1 Å². The molecule has 2 heterocycles. The number of thiophene rings is 1. The first-order valence-electron chi connectivity index (χ1n) is 5.81. The fourth-order valence-corrected chi connectivity index (χ4v) is 2.33. The van der Waals surface area contributed by atoms with E-state index in [1.54, 1.807) is 26.0 Å². The van der Waals surface area contributed by atoms with Crippen molar-refractivity contribution in [2.45, 2.75) is 13.8 Å². The van der Waals surface area contributed by atoms with Crippen LogP contribution in [0.25, 0.3) is 0 Å². The Bertz CT molecular complexity index is 659. The van der Waals surface area contributed by atoms with Crippen LogP contribution in [-0.4, -0.2) is 43.3 Å². The summed E-state index contributed by atoms with van der Waals surface area (Å²) in [6.45, 7) is 3.30. The second kappa shape index (κ2) is 5.74. The predicted molar refractivity (Wildman–Crippen MR) is 75.2 cm³/mol. The van der Waals surface area contributed by atoms with Crippen molar-refractivity contribution in [1.82, 2.24) is 9.71 Å². The van der Waals surface area contributed by atoms with Gasteiger partial charge in [-0.15, -0.1) is 11.3 Å². The van der Waals surface area contributed by atoms with Gasteiger partial charge < -0.3 is 15.6 Å². The number of rotatable bonds is 4. The second-order valence-corrected chi connectivity index (χ2v) is 5.13. The molecule has 0 fully saturated rings. The normalized spacial score (nSPS) is 12.9. The molecule has 0 aliphatic carbocycles. The third kappa shape index (κ3) is 2.80. The molecule has 0 radical (unpaired) electrons. The van der Waals surface area contributed by atoms with E-state index < -0.39 is 0 Å². The molecule has 20 heavy (non-hydrogen) atoms. The van der Waals surface area contributed by atoms with Crippen molar-refractivity contribution in [2.75, 3.05) is 6.54 Å². The fourth-order valence-electron chi connectivity index (χ4n) is 1.63. The largest absolute Gasteiger partial charge is 0.623 e. The molecule has 2 aromatic heterocycles. The Morgan fingerprint density at radius 3 is 2.85 bits per heavy atom. The van der Waals surface area contributed by atoms with Gasteiger partial charge in [0.25, 0.3) is 0 Å². The van der Waals surface area contributed by atoms with E-state index in [9.17, 15) is 10.4 Å². The molecule has 8 heteroatoms. The van der Waals surface area contributed by atoms with Crippen molar-refractivity contribution < 1.29 is 15.2 Å². The predicted octanol–water partition coefficient (Wildman–Crippen LogP) is 1.61. The molecule has 0 atom stereocenters. The van der Waals surface area contributed by atoms with Crippen LogP contribution in [0.15, 0.2) is 22.7 Å². The van der Waals surface area contributed by atoms with E-state index in [-0.39, 0.29) is 18.1 Å². The third-order valence-electron chi connectivity index (χ3n) is 2.83. The van der Waals surface area contributed by atoms with E-state index in [1.165, 1.54) is 11.3 Å². The van der Waals surface area contributed by atoms with Gasteiger partial charge in [-0.2, -0.15) is 4.73 Å². The minimum absolute atomic E-state index is 0.137. The standard InChI is InChI=1S/C12H14N4O3S/c1-8-9(2)16(19)12(13-8)7-15(18)6-10(14-17)11-4-3-5-20-11/h3-5,7,17,19H,6H2,1-2H3/b14-10?,15-7-. The lowest BCUT2D eigenvalue weighted by Gasteiger charge is -2.04. The minimum atomic E-state index is -0.137. The Balaban J connectivity index is 2.21. The van der Waals surface area contributed by atoms with Crippen molar-refractivity contribution >= 4 is 23.3 Å². The highest BCUT2D eigenvalue weighted by Gasteiger charge is 2.14. The van der Waals surface area contributed by atoms with Crippen LogP contribution in [0.1, 0.15) is 22.1 Å². The average Bonchev–Trinajstić information content (AvgIpc) is 3.02. The first kappa shape index (κ1) is 14.1. The van der Waals surface area contributed by atoms with Crippen LogP contribution in [0.3, 0.4) is 0 Å². The number of hydroxylamine groups is 1. The number of aryl methyl sites for hydroxylation is 1. The van der Waals surface area contributed by atoms with E-state index in [0.717, 1.165) is 10.9 Å². The number of imidazole rings is 1. The summed E-state index contributed by atoms with van der Waals surface area (Å²) in [5, 5.41) is 35.5. The highest BCUT2D eigenvalue weighted by Crippen LogP contribution is 2.10. The van der Waals surface area contributed by atoms with Crippen LogP contribution in [0, 0.1) is 19.1 Å². The summed E-state index contributed by atoms with van der Waals surface area (Å²) < 4.78 is 1.41. The van der Waals surface area contributed by atoms with Gasteiger partial charge in [0.15, 0.2) is 12.3 Å². The molecular weight excluding hydrogens is 280 g/mol. The highest BCUT2D eigenvalue weighted by molar-refractivity contribution is 7.12. The van der Waals surface area contributed by atoms with Gasteiger partial charge in [0.2, 0.25) is 12.0 Å². The zero-order chi connectivity index (χ0) is 14.7. The molecule has 0 aliphatic heterocycles. The molecule has 106 valence electrons. The Labute approximate surface area is 119 Å². The lowest BCUT2D eigenvalue weighted by Crippen LogP contribution is -2.19. The zero-order valence-corrected chi connectivity index (χ0v) is 11.8. The molecule has 0 spiro atoms. The third-order valence-corrected chi connectivity index (χ3v) is 3.75. The van der Waals surface area contributed by atoms with E-state index in [4.69, 9.17) is 5.21 Å². The molecule has 0 saturated heterocycles. The lowest BCUT2D eigenvalue weighted by atomic mass is 10.3. The minimum Gasteiger partial charge on any atom is -0.623 e. The van der Waals surface area contributed by atoms with Gasteiger partial charge in [0.1, 0.15) is 0 Å². The Kier molecular flexibility index (Phi) is 4.04. The van der Waals surface area contributed by atoms with Gasteiger partial charge in [0.05, 0.1) is 16.3 Å². The molecule has 0 bridgehead atoms. The molecular formula is C12H14N4O3S. The van der Waals surface area contributed by atoms with Crippen LogP contribution in [0.2, 0.25) is 0 Å². The summed E-state index contributed by atoms with van der Waals surface area (Å²) in [5.41, 5.74) is 1.47. The van der Waals surface area contributed by atoms with E-state index >= 15 is 0 Å². The SMILES string of the molecule is Cc1nc(/C=[N+](\[O-])CC(=NO)c2cccs2)n(O)c1C. The molecule has 0 aliphatic rings. The molecule has 7 nitrogen and oxygen atoms in total. The number of hydrogen-bond acceptors (Lipinski definition) is 6. The number of oxime groups is 1. The molecule has 0 aromatic carbocycles. The highest BCUT2D eigenvalue weighted by atomic mass is 32.1. The first-order valence-corrected chi connectivity index (χ1v) is 6.69. The van der Waals surface area contributed by atoms with Gasteiger partial charge in [-0.3, -0.25) is 0 Å². The van der Waals surface area contributed by atoms with Crippen LogP contribution in [0.5, 0.6) is 0 Å². The Morgan fingerprint density at radius 2 is 2.35 bits per heavy atom. The Morgan fingerprint density at radius 1 is 1.60 bits per heavy atom. The van der Waals surface area contributed by atoms with Crippen LogP contribution < -0.4 is 0 Å². The fraction of sp³-hybridized carbons (Fsp3) is 0.250. The van der Waals surface area contributed by atoms with E-state index in [1.807, 2.05) is 5.38 Å². The zero-order valence-electron chi connectivity index (χ0n) is 11.0. The number of nitrogens with zero attached hydrogens (tertiary/aromatic N) is 4. The van der Waals surface area contributed by atoms with Crippen LogP contribution in [-0.2, 0) is 0 Å².